The molecule has 0 amide bonds. The normalized spacial score (nSPS) is 13.1. The predicted octanol–water partition coefficient (Wildman–Crippen LogP) is 15.7. The molecule has 0 spiro atoms. The third-order valence-electron chi connectivity index (χ3n) is 12.5. The lowest BCUT2D eigenvalue weighted by atomic mass is 9.82. The first-order valence-electron chi connectivity index (χ1n) is 20.0. The molecule has 0 saturated heterocycles. The van der Waals surface area contributed by atoms with Gasteiger partial charge in [-0.05, 0) is 98.9 Å². The van der Waals surface area contributed by atoms with Gasteiger partial charge in [-0.3, -0.25) is 0 Å². The molecule has 0 saturated carbocycles. The van der Waals surface area contributed by atoms with Crippen LogP contribution in [0, 0.1) is 0 Å². The van der Waals surface area contributed by atoms with Crippen molar-refractivity contribution in [2.45, 2.75) is 19.3 Å². The maximum atomic E-state index is 6.73. The van der Waals surface area contributed by atoms with Crippen LogP contribution in [-0.4, -0.2) is 0 Å². The zero-order valence-electron chi connectivity index (χ0n) is 32.2. The van der Waals surface area contributed by atoms with Crippen molar-refractivity contribution in [3.05, 3.63) is 199 Å². The largest absolute Gasteiger partial charge is 0.456 e. The van der Waals surface area contributed by atoms with Crippen molar-refractivity contribution in [3.63, 3.8) is 0 Å². The first-order valence-corrected chi connectivity index (χ1v) is 20.0. The van der Waals surface area contributed by atoms with Crippen LogP contribution < -0.4 is 4.90 Å². The molecule has 3 heteroatoms. The summed E-state index contributed by atoms with van der Waals surface area (Å²) in [5, 5.41) is 6.75. The Morgan fingerprint density at radius 3 is 1.86 bits per heavy atom. The van der Waals surface area contributed by atoms with Crippen molar-refractivity contribution in [2.75, 3.05) is 4.90 Å². The number of rotatable bonds is 5. The van der Waals surface area contributed by atoms with Crippen molar-refractivity contribution in [3.8, 4) is 33.4 Å². The fraction of sp³-hybridized carbons (Fsp3) is 0.0545. The van der Waals surface area contributed by atoms with E-state index in [4.69, 9.17) is 8.83 Å². The summed E-state index contributed by atoms with van der Waals surface area (Å²) >= 11 is 0. The van der Waals surface area contributed by atoms with E-state index >= 15 is 0 Å². The topological polar surface area (TPSA) is 29.5 Å². The zero-order valence-corrected chi connectivity index (χ0v) is 32.2. The van der Waals surface area contributed by atoms with Gasteiger partial charge in [0.2, 0.25) is 0 Å². The van der Waals surface area contributed by atoms with Crippen LogP contribution in [0.2, 0.25) is 0 Å². The minimum Gasteiger partial charge on any atom is -0.456 e. The third-order valence-corrected chi connectivity index (χ3v) is 12.5. The number of nitrogens with zero attached hydrogens (tertiary/aromatic N) is 1. The van der Waals surface area contributed by atoms with E-state index in [1.807, 2.05) is 12.1 Å². The summed E-state index contributed by atoms with van der Waals surface area (Å²) in [4.78, 5) is 2.35. The summed E-state index contributed by atoms with van der Waals surface area (Å²) in [6.07, 6.45) is 0. The van der Waals surface area contributed by atoms with Gasteiger partial charge in [0, 0.05) is 43.9 Å². The first-order chi connectivity index (χ1) is 28.5. The first kappa shape index (κ1) is 32.8. The Morgan fingerprint density at radius 2 is 1.02 bits per heavy atom. The summed E-state index contributed by atoms with van der Waals surface area (Å²) in [5.74, 6) is 0. The van der Waals surface area contributed by atoms with Crippen molar-refractivity contribution in [1.29, 1.82) is 0 Å². The van der Waals surface area contributed by atoms with Gasteiger partial charge in [-0.15, -0.1) is 0 Å². The predicted molar refractivity (Wildman–Crippen MR) is 242 cm³/mol. The van der Waals surface area contributed by atoms with E-state index < -0.39 is 0 Å². The molecule has 0 unspecified atom stereocenters. The van der Waals surface area contributed by atoms with Gasteiger partial charge >= 0.3 is 0 Å². The summed E-state index contributed by atoms with van der Waals surface area (Å²) in [5.41, 5.74) is 16.7. The van der Waals surface area contributed by atoms with Gasteiger partial charge in [-0.2, -0.15) is 0 Å². The molecule has 12 rings (SSSR count). The molecule has 0 aliphatic heterocycles. The molecule has 0 atom stereocenters. The molecule has 0 bridgehead atoms. The smallest absolute Gasteiger partial charge is 0.143 e. The molecule has 9 aromatic carbocycles. The van der Waals surface area contributed by atoms with Gasteiger partial charge in [-0.25, -0.2) is 0 Å². The maximum Gasteiger partial charge on any atom is 0.143 e. The molecular weight excluding hydrogens is 707 g/mol. The molecule has 2 heterocycles. The van der Waals surface area contributed by atoms with Crippen molar-refractivity contribution in [1.82, 2.24) is 0 Å². The Hall–Kier alpha value is -7.36. The Labute approximate surface area is 336 Å². The van der Waals surface area contributed by atoms with E-state index in [1.54, 1.807) is 0 Å². The van der Waals surface area contributed by atoms with Gasteiger partial charge in [0.15, 0.2) is 0 Å². The fourth-order valence-corrected chi connectivity index (χ4v) is 9.62. The highest BCUT2D eigenvalue weighted by atomic mass is 16.3. The molecule has 1 aliphatic rings. The van der Waals surface area contributed by atoms with Crippen LogP contribution in [0.1, 0.15) is 25.0 Å². The monoisotopic (exact) mass is 743 g/mol. The zero-order chi connectivity index (χ0) is 38.5. The highest BCUT2D eigenvalue weighted by molar-refractivity contribution is 6.17. The van der Waals surface area contributed by atoms with Crippen LogP contribution >= 0.6 is 0 Å². The number of hydrogen-bond acceptors (Lipinski definition) is 3. The lowest BCUT2D eigenvalue weighted by molar-refractivity contribution is 0.660. The SMILES string of the molecule is CC1(C)c2ccccc2-c2cc(-c3ccc(N(c4ccc(-c5cccc6c5oc5c7ccccc7ccc65)cc4)c4cccc5oc6ccccc6c45)cc3)ccc21. The van der Waals surface area contributed by atoms with Gasteiger partial charge < -0.3 is 13.7 Å². The minimum absolute atomic E-state index is 0.0178. The maximum absolute atomic E-state index is 6.73. The molecule has 1 aliphatic carbocycles. The second-order valence-corrected chi connectivity index (χ2v) is 16.1. The quantitative estimate of drug-likeness (QED) is 0.176. The average molecular weight is 744 g/mol. The van der Waals surface area contributed by atoms with Gasteiger partial charge in [0.05, 0.1) is 11.1 Å². The van der Waals surface area contributed by atoms with Gasteiger partial charge in [-0.1, -0.05) is 147 Å². The summed E-state index contributed by atoms with van der Waals surface area (Å²) in [6, 6.07) is 67.6. The second kappa shape index (κ2) is 12.3. The van der Waals surface area contributed by atoms with E-state index in [9.17, 15) is 0 Å². The number of benzene rings is 9. The fourth-order valence-electron chi connectivity index (χ4n) is 9.62. The molecule has 274 valence electrons. The van der Waals surface area contributed by atoms with Crippen LogP contribution in [0.5, 0.6) is 0 Å². The second-order valence-electron chi connectivity index (χ2n) is 16.1. The average Bonchev–Trinajstić information content (AvgIpc) is 3.93. The lowest BCUT2D eigenvalue weighted by Gasteiger charge is -2.26. The van der Waals surface area contributed by atoms with E-state index in [-0.39, 0.29) is 5.41 Å². The standard InChI is InChI=1S/C55H37NO2/c1-55(2)47-17-7-5-13-42(47)46-33-37(26-32-48(46)55)34-21-27-38(28-22-34)56(49-18-10-20-51-52(49)45-14-6-8-19-50(45)57-51)39-29-23-36(24-30-39)41-15-9-16-43-44-31-25-35-11-3-4-12-40(35)54(44)58-53(41)43/h3-33H,1-2H3. The molecule has 0 radical (unpaired) electrons. The Bertz CT molecular complexity index is 3420. The molecular formula is C55H37NO2. The van der Waals surface area contributed by atoms with Crippen LogP contribution in [-0.2, 0) is 5.41 Å². The number of anilines is 3. The minimum atomic E-state index is -0.0178. The van der Waals surface area contributed by atoms with Crippen molar-refractivity contribution >= 4 is 71.7 Å². The van der Waals surface area contributed by atoms with Crippen LogP contribution in [0.25, 0.3) is 88.0 Å². The van der Waals surface area contributed by atoms with E-state index in [1.165, 1.54) is 38.8 Å². The summed E-state index contributed by atoms with van der Waals surface area (Å²) in [6.45, 7) is 4.66. The van der Waals surface area contributed by atoms with Gasteiger partial charge in [0.1, 0.15) is 22.3 Å². The third kappa shape index (κ3) is 4.80. The van der Waals surface area contributed by atoms with E-state index in [0.29, 0.717) is 0 Å². The van der Waals surface area contributed by atoms with E-state index in [2.05, 4.69) is 195 Å². The molecule has 0 N–H and O–H groups in total. The molecule has 2 aromatic heterocycles. The molecule has 0 fully saturated rings. The van der Waals surface area contributed by atoms with Crippen LogP contribution in [0.3, 0.4) is 0 Å². The lowest BCUT2D eigenvalue weighted by Crippen LogP contribution is -2.14. The highest BCUT2D eigenvalue weighted by Crippen LogP contribution is 2.50. The number of fused-ring (bicyclic) bond motifs is 11. The Morgan fingerprint density at radius 1 is 0.397 bits per heavy atom. The van der Waals surface area contributed by atoms with Gasteiger partial charge in [0.25, 0.3) is 0 Å². The number of furan rings is 2. The van der Waals surface area contributed by atoms with Crippen molar-refractivity contribution < 1.29 is 8.83 Å². The molecule has 3 nitrogen and oxygen atoms in total. The van der Waals surface area contributed by atoms with Crippen LogP contribution in [0.15, 0.2) is 197 Å². The van der Waals surface area contributed by atoms with E-state index in [0.717, 1.165) is 77.5 Å². The highest BCUT2D eigenvalue weighted by Gasteiger charge is 2.35. The Balaban J connectivity index is 0.982. The molecule has 11 aromatic rings. The summed E-state index contributed by atoms with van der Waals surface area (Å²) in [7, 11) is 0. The van der Waals surface area contributed by atoms with Crippen molar-refractivity contribution in [2.24, 2.45) is 0 Å². The number of hydrogen-bond donors (Lipinski definition) is 0. The molecule has 58 heavy (non-hydrogen) atoms. The van der Waals surface area contributed by atoms with Crippen LogP contribution in [0.4, 0.5) is 17.1 Å². The summed E-state index contributed by atoms with van der Waals surface area (Å²) < 4.78 is 13.1. The number of para-hydroxylation sites is 2. The Kier molecular flexibility index (Phi) is 6.98.